The van der Waals surface area contributed by atoms with E-state index in [0.717, 1.165) is 6.54 Å². The van der Waals surface area contributed by atoms with Crippen molar-refractivity contribution in [3.8, 4) is 0 Å². The quantitative estimate of drug-likeness (QED) is 0.919. The summed E-state index contributed by atoms with van der Waals surface area (Å²) in [6.07, 6.45) is 0. The van der Waals surface area contributed by atoms with Crippen LogP contribution >= 0.6 is 23.2 Å². The smallest absolute Gasteiger partial charge is 0.228 e. The van der Waals surface area contributed by atoms with Gasteiger partial charge in [0.15, 0.2) is 0 Å². The monoisotopic (exact) mass is 274 g/mol. The molecule has 2 rings (SSSR count). The van der Waals surface area contributed by atoms with Crippen LogP contribution in [-0.2, 0) is 0 Å². The predicted octanol–water partition coefficient (Wildman–Crippen LogP) is 3.27. The third-order valence-electron chi connectivity index (χ3n) is 4.36. The molecule has 1 aromatic heterocycles. The van der Waals surface area contributed by atoms with Crippen molar-refractivity contribution in [1.29, 1.82) is 0 Å². The fourth-order valence-corrected chi connectivity index (χ4v) is 2.81. The Morgan fingerprint density at radius 2 is 1.47 bits per heavy atom. The van der Waals surface area contributed by atoms with Crippen LogP contribution in [0.15, 0.2) is 0 Å². The summed E-state index contributed by atoms with van der Waals surface area (Å²) in [4.78, 5) is 11.7. The summed E-state index contributed by atoms with van der Waals surface area (Å²) in [5.41, 5.74) is 0.668. The molecule has 0 atom stereocenters. The van der Waals surface area contributed by atoms with Gasteiger partial charge in [-0.15, -0.1) is 0 Å². The van der Waals surface area contributed by atoms with Gasteiger partial charge < -0.3 is 5.32 Å². The Morgan fingerprint density at radius 3 is 1.88 bits per heavy atom. The highest BCUT2D eigenvalue weighted by Crippen LogP contribution is 2.68. The third-order valence-corrected chi connectivity index (χ3v) is 4.70. The Hall–Kier alpha value is -0.610. The van der Waals surface area contributed by atoms with E-state index in [1.165, 1.54) is 0 Å². The first-order valence-electron chi connectivity index (χ1n) is 5.56. The zero-order chi connectivity index (χ0) is 12.8. The summed E-state index contributed by atoms with van der Waals surface area (Å²) >= 11 is 11.4. The standard InChI is InChI=1S/C11H16Cl2N4/c1-10(2)6(11(10,3)4)5-14-9-16-7(12)15-8(13)17-9/h6H,5H2,1-4H3,(H,14,15,16,17). The van der Waals surface area contributed by atoms with E-state index in [1.807, 2.05) is 0 Å². The van der Waals surface area contributed by atoms with E-state index in [1.54, 1.807) is 0 Å². The Bertz CT molecular complexity index is 411. The van der Waals surface area contributed by atoms with Gasteiger partial charge in [0.1, 0.15) is 0 Å². The van der Waals surface area contributed by atoms with Crippen molar-refractivity contribution in [3.63, 3.8) is 0 Å². The van der Waals surface area contributed by atoms with E-state index in [0.29, 0.717) is 22.7 Å². The van der Waals surface area contributed by atoms with Crippen molar-refractivity contribution in [3.05, 3.63) is 10.6 Å². The number of hydrogen-bond acceptors (Lipinski definition) is 4. The number of hydrogen-bond donors (Lipinski definition) is 1. The molecule has 1 aliphatic rings. The average molecular weight is 275 g/mol. The number of nitrogens with one attached hydrogen (secondary N) is 1. The summed E-state index contributed by atoms with van der Waals surface area (Å²) in [5, 5.41) is 3.39. The van der Waals surface area contributed by atoms with Crippen LogP contribution in [0.4, 0.5) is 5.95 Å². The maximum absolute atomic E-state index is 5.71. The highest BCUT2D eigenvalue weighted by molar-refractivity contribution is 6.31. The van der Waals surface area contributed by atoms with Gasteiger partial charge in [0.05, 0.1) is 0 Å². The molecule has 0 unspecified atom stereocenters. The molecule has 0 amide bonds. The molecule has 1 saturated carbocycles. The van der Waals surface area contributed by atoms with Crippen LogP contribution in [0, 0.1) is 16.7 Å². The van der Waals surface area contributed by atoms with Gasteiger partial charge in [0.2, 0.25) is 16.5 Å². The molecule has 1 aromatic rings. The van der Waals surface area contributed by atoms with Crippen molar-refractivity contribution in [1.82, 2.24) is 15.0 Å². The first-order chi connectivity index (χ1) is 7.75. The Kier molecular flexibility index (Phi) is 2.99. The lowest BCUT2D eigenvalue weighted by molar-refractivity contribution is 0.457. The lowest BCUT2D eigenvalue weighted by atomic mass is 10.0. The van der Waals surface area contributed by atoms with Crippen LogP contribution in [0.5, 0.6) is 0 Å². The molecule has 4 nitrogen and oxygen atoms in total. The summed E-state index contributed by atoms with van der Waals surface area (Å²) < 4.78 is 0. The number of anilines is 1. The van der Waals surface area contributed by atoms with Crippen LogP contribution in [0.1, 0.15) is 27.7 Å². The number of aromatic nitrogens is 3. The van der Waals surface area contributed by atoms with Crippen molar-refractivity contribution in [2.75, 3.05) is 11.9 Å². The lowest BCUT2D eigenvalue weighted by Gasteiger charge is -2.05. The van der Waals surface area contributed by atoms with E-state index < -0.39 is 0 Å². The van der Waals surface area contributed by atoms with Gasteiger partial charge in [-0.1, -0.05) is 27.7 Å². The van der Waals surface area contributed by atoms with Gasteiger partial charge in [0.25, 0.3) is 0 Å². The van der Waals surface area contributed by atoms with E-state index in [-0.39, 0.29) is 10.6 Å². The number of rotatable bonds is 3. The molecule has 0 aliphatic heterocycles. The SMILES string of the molecule is CC1(C)C(CNc2nc(Cl)nc(Cl)n2)C1(C)C. The minimum atomic E-state index is 0.113. The minimum Gasteiger partial charge on any atom is -0.354 e. The van der Waals surface area contributed by atoms with E-state index >= 15 is 0 Å². The largest absolute Gasteiger partial charge is 0.354 e. The maximum atomic E-state index is 5.71. The van der Waals surface area contributed by atoms with Crippen molar-refractivity contribution >= 4 is 29.2 Å². The van der Waals surface area contributed by atoms with Crippen LogP contribution < -0.4 is 5.32 Å². The van der Waals surface area contributed by atoms with Gasteiger partial charge in [0, 0.05) is 6.54 Å². The molecule has 17 heavy (non-hydrogen) atoms. The second-order valence-corrected chi connectivity index (χ2v) is 6.25. The molecule has 0 aromatic carbocycles. The molecule has 94 valence electrons. The molecule has 0 radical (unpaired) electrons. The topological polar surface area (TPSA) is 50.7 Å². The van der Waals surface area contributed by atoms with Crippen molar-refractivity contribution < 1.29 is 0 Å². The minimum absolute atomic E-state index is 0.113. The summed E-state index contributed by atoms with van der Waals surface area (Å²) in [6, 6.07) is 0. The number of halogens is 2. The van der Waals surface area contributed by atoms with Gasteiger partial charge in [-0.05, 0) is 39.9 Å². The second kappa shape index (κ2) is 3.95. The molecule has 1 fully saturated rings. The van der Waals surface area contributed by atoms with Crippen molar-refractivity contribution in [2.24, 2.45) is 16.7 Å². The van der Waals surface area contributed by atoms with Gasteiger partial charge in [-0.2, -0.15) is 15.0 Å². The molecule has 0 bridgehead atoms. The van der Waals surface area contributed by atoms with Crippen LogP contribution in [0.25, 0.3) is 0 Å². The van der Waals surface area contributed by atoms with E-state index in [2.05, 4.69) is 48.0 Å². The fraction of sp³-hybridized carbons (Fsp3) is 0.727. The number of nitrogens with zero attached hydrogens (tertiary/aromatic N) is 3. The zero-order valence-electron chi connectivity index (χ0n) is 10.4. The third kappa shape index (κ3) is 2.20. The summed E-state index contributed by atoms with van der Waals surface area (Å²) in [6.45, 7) is 9.90. The van der Waals surface area contributed by atoms with Crippen molar-refractivity contribution in [2.45, 2.75) is 27.7 Å². The first kappa shape index (κ1) is 12.8. The predicted molar refractivity (Wildman–Crippen MR) is 69.4 cm³/mol. The van der Waals surface area contributed by atoms with E-state index in [4.69, 9.17) is 23.2 Å². The molecular weight excluding hydrogens is 259 g/mol. The Labute approximate surface area is 111 Å². The lowest BCUT2D eigenvalue weighted by Crippen LogP contribution is -2.11. The Morgan fingerprint density at radius 1 is 1.00 bits per heavy atom. The maximum Gasteiger partial charge on any atom is 0.228 e. The highest BCUT2D eigenvalue weighted by Gasteiger charge is 2.64. The second-order valence-electron chi connectivity index (χ2n) is 5.57. The molecule has 1 heterocycles. The summed E-state index contributed by atoms with van der Waals surface area (Å²) in [5.74, 6) is 1.03. The molecule has 0 spiro atoms. The van der Waals surface area contributed by atoms with Crippen LogP contribution in [0.2, 0.25) is 10.6 Å². The van der Waals surface area contributed by atoms with Crippen LogP contribution in [-0.4, -0.2) is 21.5 Å². The molecular formula is C11H16Cl2N4. The molecule has 1 N–H and O–H groups in total. The highest BCUT2D eigenvalue weighted by atomic mass is 35.5. The molecule has 0 saturated heterocycles. The van der Waals surface area contributed by atoms with Crippen LogP contribution in [0.3, 0.4) is 0 Å². The summed E-state index contributed by atoms with van der Waals surface area (Å²) in [7, 11) is 0. The fourth-order valence-electron chi connectivity index (χ4n) is 2.44. The first-order valence-corrected chi connectivity index (χ1v) is 6.31. The van der Waals surface area contributed by atoms with E-state index in [9.17, 15) is 0 Å². The average Bonchev–Trinajstić information content (AvgIpc) is 2.53. The zero-order valence-corrected chi connectivity index (χ0v) is 11.9. The molecule has 1 aliphatic carbocycles. The van der Waals surface area contributed by atoms with Gasteiger partial charge in [-0.3, -0.25) is 0 Å². The molecule has 6 heteroatoms. The Balaban J connectivity index is 2.00. The van der Waals surface area contributed by atoms with Gasteiger partial charge in [-0.25, -0.2) is 0 Å². The van der Waals surface area contributed by atoms with Gasteiger partial charge >= 0.3 is 0 Å². The normalized spacial score (nSPS) is 21.3.